The number of para-hydroxylation sites is 1. The Morgan fingerprint density at radius 2 is 1.95 bits per heavy atom. The number of hydrogen-bond acceptors (Lipinski definition) is 3. The Kier molecular flexibility index (Phi) is 3.98. The van der Waals surface area contributed by atoms with E-state index in [4.69, 9.17) is 4.74 Å². The van der Waals surface area contributed by atoms with Crippen molar-refractivity contribution in [2.75, 3.05) is 0 Å². The summed E-state index contributed by atoms with van der Waals surface area (Å²) in [5.74, 6) is 1.25. The largest absolute Gasteiger partial charge is 0.437 e. The Hall–Kier alpha value is -1.46. The van der Waals surface area contributed by atoms with Crippen LogP contribution in [0, 0.1) is 0 Å². The topological polar surface area (TPSA) is 35.0 Å². The molecular formula is C15H10Br2N2O. The second-order valence-corrected chi connectivity index (χ2v) is 5.70. The van der Waals surface area contributed by atoms with E-state index in [1.807, 2.05) is 30.3 Å². The molecule has 0 aliphatic rings. The van der Waals surface area contributed by atoms with Gasteiger partial charge >= 0.3 is 0 Å². The van der Waals surface area contributed by atoms with Crippen molar-refractivity contribution in [2.45, 2.75) is 5.33 Å². The van der Waals surface area contributed by atoms with Crippen LogP contribution in [-0.4, -0.2) is 9.97 Å². The highest BCUT2D eigenvalue weighted by Crippen LogP contribution is 2.29. The zero-order valence-electron chi connectivity index (χ0n) is 10.4. The maximum atomic E-state index is 5.86. The summed E-state index contributed by atoms with van der Waals surface area (Å²) < 4.78 is 6.73. The fraction of sp³-hybridized carbons (Fsp3) is 0.0667. The van der Waals surface area contributed by atoms with Crippen molar-refractivity contribution in [2.24, 2.45) is 0 Å². The molecule has 2 aromatic heterocycles. The fourth-order valence-electron chi connectivity index (χ4n) is 1.89. The van der Waals surface area contributed by atoms with Crippen molar-refractivity contribution in [1.82, 2.24) is 9.97 Å². The highest BCUT2D eigenvalue weighted by atomic mass is 79.9. The number of ether oxygens (including phenoxy) is 1. The first kappa shape index (κ1) is 13.5. The van der Waals surface area contributed by atoms with Crippen molar-refractivity contribution in [3.05, 3.63) is 58.8 Å². The molecule has 0 aliphatic carbocycles. The van der Waals surface area contributed by atoms with Gasteiger partial charge in [-0.2, -0.15) is 0 Å². The van der Waals surface area contributed by atoms with Crippen molar-refractivity contribution in [3.8, 4) is 11.6 Å². The van der Waals surface area contributed by atoms with E-state index < -0.39 is 0 Å². The molecule has 0 unspecified atom stereocenters. The lowest BCUT2D eigenvalue weighted by Gasteiger charge is -2.10. The van der Waals surface area contributed by atoms with E-state index >= 15 is 0 Å². The molecule has 0 saturated carbocycles. The van der Waals surface area contributed by atoms with Crippen molar-refractivity contribution in [3.63, 3.8) is 0 Å². The Morgan fingerprint density at radius 3 is 2.75 bits per heavy atom. The Balaban J connectivity index is 2.05. The van der Waals surface area contributed by atoms with E-state index in [-0.39, 0.29) is 0 Å². The molecule has 0 spiro atoms. The van der Waals surface area contributed by atoms with Crippen molar-refractivity contribution >= 4 is 42.8 Å². The summed E-state index contributed by atoms with van der Waals surface area (Å²) in [6.45, 7) is 0. The zero-order chi connectivity index (χ0) is 13.9. The SMILES string of the molecule is BrCc1cc2ccccc2nc1Oc1cncc(Br)c1. The Bertz CT molecular complexity index is 762. The summed E-state index contributed by atoms with van der Waals surface area (Å²) in [4.78, 5) is 8.66. The first-order chi connectivity index (χ1) is 9.76. The molecule has 0 aliphatic heterocycles. The van der Waals surface area contributed by atoms with E-state index in [0.29, 0.717) is 17.0 Å². The number of fused-ring (bicyclic) bond motifs is 1. The first-order valence-electron chi connectivity index (χ1n) is 5.99. The summed E-state index contributed by atoms with van der Waals surface area (Å²) in [6.07, 6.45) is 3.38. The highest BCUT2D eigenvalue weighted by Gasteiger charge is 2.09. The van der Waals surface area contributed by atoms with Crippen LogP contribution in [-0.2, 0) is 5.33 Å². The number of benzene rings is 1. The quantitative estimate of drug-likeness (QED) is 0.582. The predicted molar refractivity (Wildman–Crippen MR) is 86.4 cm³/mol. The highest BCUT2D eigenvalue weighted by molar-refractivity contribution is 9.10. The first-order valence-corrected chi connectivity index (χ1v) is 7.91. The minimum Gasteiger partial charge on any atom is -0.437 e. The van der Waals surface area contributed by atoms with Gasteiger partial charge in [0.2, 0.25) is 5.88 Å². The molecule has 0 saturated heterocycles. The van der Waals surface area contributed by atoms with E-state index in [0.717, 1.165) is 20.9 Å². The monoisotopic (exact) mass is 392 g/mol. The second kappa shape index (κ2) is 5.89. The third-order valence-electron chi connectivity index (χ3n) is 2.80. The Morgan fingerprint density at radius 1 is 1.10 bits per heavy atom. The second-order valence-electron chi connectivity index (χ2n) is 4.22. The van der Waals surface area contributed by atoms with Gasteiger partial charge in [0.1, 0.15) is 5.75 Å². The van der Waals surface area contributed by atoms with E-state index in [2.05, 4.69) is 47.9 Å². The van der Waals surface area contributed by atoms with Crippen molar-refractivity contribution in [1.29, 1.82) is 0 Å². The molecular weight excluding hydrogens is 384 g/mol. The lowest BCUT2D eigenvalue weighted by molar-refractivity contribution is 0.458. The van der Waals surface area contributed by atoms with Gasteiger partial charge in [-0.25, -0.2) is 4.98 Å². The van der Waals surface area contributed by atoms with Gasteiger partial charge in [-0.05, 0) is 34.1 Å². The van der Waals surface area contributed by atoms with Gasteiger partial charge in [0, 0.05) is 26.9 Å². The standard InChI is InChI=1S/C15H10Br2N2O/c16-7-11-5-10-3-1-2-4-14(10)19-15(11)20-13-6-12(17)8-18-9-13/h1-6,8-9H,7H2. The van der Waals surface area contributed by atoms with Gasteiger partial charge in [-0.15, -0.1) is 0 Å². The molecule has 3 nitrogen and oxygen atoms in total. The number of hydrogen-bond donors (Lipinski definition) is 0. The maximum absolute atomic E-state index is 5.86. The molecule has 0 amide bonds. The average molecular weight is 394 g/mol. The Labute approximate surface area is 133 Å². The molecule has 3 aromatic rings. The lowest BCUT2D eigenvalue weighted by atomic mass is 10.2. The van der Waals surface area contributed by atoms with E-state index in [1.54, 1.807) is 12.4 Å². The predicted octanol–water partition coefficient (Wildman–Crippen LogP) is 5.08. The summed E-state index contributed by atoms with van der Waals surface area (Å²) in [7, 11) is 0. The summed E-state index contributed by atoms with van der Waals surface area (Å²) >= 11 is 6.86. The molecule has 0 atom stereocenters. The number of aromatic nitrogens is 2. The number of halogens is 2. The molecule has 2 heterocycles. The molecule has 0 bridgehead atoms. The number of pyridine rings is 2. The van der Waals surface area contributed by atoms with Crippen LogP contribution in [0.3, 0.4) is 0 Å². The third-order valence-corrected chi connectivity index (χ3v) is 3.84. The molecule has 0 N–H and O–H groups in total. The van der Waals surface area contributed by atoms with Gasteiger partial charge in [-0.3, -0.25) is 4.98 Å². The number of nitrogens with zero attached hydrogens (tertiary/aromatic N) is 2. The van der Waals surface area contributed by atoms with Gasteiger partial charge in [-0.1, -0.05) is 34.1 Å². The fourth-order valence-corrected chi connectivity index (χ4v) is 2.63. The van der Waals surface area contributed by atoms with Crippen molar-refractivity contribution < 1.29 is 4.74 Å². The summed E-state index contributed by atoms with van der Waals surface area (Å²) in [5.41, 5.74) is 1.92. The van der Waals surface area contributed by atoms with E-state index in [1.165, 1.54) is 0 Å². The molecule has 3 rings (SSSR count). The van der Waals surface area contributed by atoms with Gasteiger partial charge in [0.05, 0.1) is 11.7 Å². The number of rotatable bonds is 3. The molecule has 20 heavy (non-hydrogen) atoms. The minimum absolute atomic E-state index is 0.598. The zero-order valence-corrected chi connectivity index (χ0v) is 13.6. The number of alkyl halides is 1. The van der Waals surface area contributed by atoms with Crippen LogP contribution in [0.2, 0.25) is 0 Å². The van der Waals surface area contributed by atoms with Crippen LogP contribution in [0.1, 0.15) is 5.56 Å². The summed E-state index contributed by atoms with van der Waals surface area (Å²) in [6, 6.07) is 11.9. The van der Waals surface area contributed by atoms with Crippen LogP contribution >= 0.6 is 31.9 Å². The van der Waals surface area contributed by atoms with Crippen LogP contribution in [0.25, 0.3) is 10.9 Å². The van der Waals surface area contributed by atoms with Crippen LogP contribution < -0.4 is 4.74 Å². The van der Waals surface area contributed by atoms with Gasteiger partial charge in [0.15, 0.2) is 0 Å². The van der Waals surface area contributed by atoms with Crippen LogP contribution in [0.5, 0.6) is 11.6 Å². The molecule has 0 radical (unpaired) electrons. The van der Waals surface area contributed by atoms with Gasteiger partial charge < -0.3 is 4.74 Å². The normalized spacial score (nSPS) is 10.7. The molecule has 100 valence electrons. The lowest BCUT2D eigenvalue weighted by Crippen LogP contribution is -1.94. The average Bonchev–Trinajstić information content (AvgIpc) is 2.46. The summed E-state index contributed by atoms with van der Waals surface area (Å²) in [5, 5.41) is 1.78. The third kappa shape index (κ3) is 2.83. The molecule has 5 heteroatoms. The smallest absolute Gasteiger partial charge is 0.223 e. The van der Waals surface area contributed by atoms with Gasteiger partial charge in [0.25, 0.3) is 0 Å². The molecule has 0 fully saturated rings. The van der Waals surface area contributed by atoms with Crippen LogP contribution in [0.4, 0.5) is 0 Å². The minimum atomic E-state index is 0.598. The maximum Gasteiger partial charge on any atom is 0.223 e. The van der Waals surface area contributed by atoms with Crippen LogP contribution in [0.15, 0.2) is 53.3 Å². The molecule has 1 aromatic carbocycles. The van der Waals surface area contributed by atoms with E-state index in [9.17, 15) is 0 Å².